The van der Waals surface area contributed by atoms with Crippen LogP contribution in [-0.4, -0.2) is 29.2 Å². The number of aromatic hydroxyl groups is 1. The highest BCUT2D eigenvalue weighted by Crippen LogP contribution is 2.26. The Bertz CT molecular complexity index is 481. The first-order valence-electron chi connectivity index (χ1n) is 7.23. The average molecular weight is 294 g/mol. The molecule has 0 bridgehead atoms. The molecule has 5 nitrogen and oxygen atoms in total. The van der Waals surface area contributed by atoms with Gasteiger partial charge < -0.3 is 20.5 Å². The number of phenolic OH excluding ortho intramolecular Hbond substituents is 1. The Hall–Kier alpha value is -1.75. The summed E-state index contributed by atoms with van der Waals surface area (Å²) in [6, 6.07) is 4.88. The van der Waals surface area contributed by atoms with Gasteiger partial charge in [-0.1, -0.05) is 6.07 Å². The fourth-order valence-corrected chi connectivity index (χ4v) is 1.78. The Morgan fingerprint density at radius 2 is 2.05 bits per heavy atom. The first-order chi connectivity index (χ1) is 9.73. The van der Waals surface area contributed by atoms with Gasteiger partial charge in [0.05, 0.1) is 12.6 Å². The van der Waals surface area contributed by atoms with Gasteiger partial charge >= 0.3 is 0 Å². The van der Waals surface area contributed by atoms with Crippen LogP contribution in [0, 0.1) is 0 Å². The first-order valence-corrected chi connectivity index (χ1v) is 7.23. The lowest BCUT2D eigenvalue weighted by molar-refractivity contribution is -0.124. The van der Waals surface area contributed by atoms with Crippen molar-refractivity contribution in [2.45, 2.75) is 52.7 Å². The molecule has 1 aromatic rings. The number of amides is 1. The van der Waals surface area contributed by atoms with Crippen molar-refractivity contribution in [3.63, 3.8) is 0 Å². The van der Waals surface area contributed by atoms with E-state index < -0.39 is 0 Å². The predicted octanol–water partition coefficient (Wildman–Crippen LogP) is 2.18. The van der Waals surface area contributed by atoms with Crippen LogP contribution in [0.2, 0.25) is 0 Å². The van der Waals surface area contributed by atoms with E-state index in [9.17, 15) is 9.90 Å². The smallest absolute Gasteiger partial charge is 0.237 e. The molecular formula is C16H26N2O3. The Morgan fingerprint density at radius 3 is 2.62 bits per heavy atom. The minimum atomic E-state index is -0.298. The van der Waals surface area contributed by atoms with Crippen LogP contribution in [0.4, 0.5) is 0 Å². The van der Waals surface area contributed by atoms with Gasteiger partial charge in [0.1, 0.15) is 0 Å². The maximum Gasteiger partial charge on any atom is 0.237 e. The second-order valence-electron chi connectivity index (χ2n) is 6.08. The highest BCUT2D eigenvalue weighted by atomic mass is 16.5. The van der Waals surface area contributed by atoms with Gasteiger partial charge in [-0.25, -0.2) is 0 Å². The summed E-state index contributed by atoms with van der Waals surface area (Å²) < 4.78 is 5.34. The second kappa shape index (κ2) is 7.31. The van der Waals surface area contributed by atoms with E-state index in [0.29, 0.717) is 18.9 Å². The maximum atomic E-state index is 12.0. The van der Waals surface area contributed by atoms with Crippen molar-refractivity contribution in [2.24, 2.45) is 0 Å². The third kappa shape index (κ3) is 6.04. The molecule has 0 aliphatic heterocycles. The molecule has 0 saturated carbocycles. The molecular weight excluding hydrogens is 268 g/mol. The number of carbonyl (C=O) groups excluding carboxylic acids is 1. The van der Waals surface area contributed by atoms with Gasteiger partial charge in [0.25, 0.3) is 0 Å². The van der Waals surface area contributed by atoms with Crippen molar-refractivity contribution in [2.75, 3.05) is 6.61 Å². The molecule has 5 heteroatoms. The lowest BCUT2D eigenvalue weighted by Gasteiger charge is -2.23. The molecule has 0 aliphatic carbocycles. The fraction of sp³-hybridized carbons (Fsp3) is 0.562. The van der Waals surface area contributed by atoms with Gasteiger partial charge in [0, 0.05) is 12.1 Å². The van der Waals surface area contributed by atoms with Crippen molar-refractivity contribution >= 4 is 5.91 Å². The zero-order valence-electron chi connectivity index (χ0n) is 13.5. The topological polar surface area (TPSA) is 70.6 Å². The minimum Gasteiger partial charge on any atom is -0.504 e. The molecule has 1 unspecified atom stereocenters. The monoisotopic (exact) mass is 294 g/mol. The van der Waals surface area contributed by atoms with Crippen molar-refractivity contribution < 1.29 is 14.6 Å². The number of hydrogen-bond donors (Lipinski definition) is 3. The molecule has 0 heterocycles. The van der Waals surface area contributed by atoms with Gasteiger partial charge in [0.2, 0.25) is 5.91 Å². The molecule has 0 spiro atoms. The molecule has 0 radical (unpaired) electrons. The summed E-state index contributed by atoms with van der Waals surface area (Å²) in [4.78, 5) is 12.0. The summed E-state index contributed by atoms with van der Waals surface area (Å²) in [5, 5.41) is 15.7. The summed E-state index contributed by atoms with van der Waals surface area (Å²) in [6.45, 7) is 10.6. The average Bonchev–Trinajstić information content (AvgIpc) is 2.37. The predicted molar refractivity (Wildman–Crippen MR) is 83.5 cm³/mol. The van der Waals surface area contributed by atoms with Crippen molar-refractivity contribution in [1.82, 2.24) is 10.6 Å². The Balaban J connectivity index is 2.58. The lowest BCUT2D eigenvalue weighted by Crippen LogP contribution is -2.49. The van der Waals surface area contributed by atoms with Crippen LogP contribution in [0.25, 0.3) is 0 Å². The van der Waals surface area contributed by atoms with Gasteiger partial charge in [-0.05, 0) is 52.3 Å². The van der Waals surface area contributed by atoms with E-state index in [0.717, 1.165) is 5.56 Å². The lowest BCUT2D eigenvalue weighted by atomic mass is 10.1. The number of ether oxygens (including phenoxy) is 1. The van der Waals surface area contributed by atoms with Crippen LogP contribution in [0.3, 0.4) is 0 Å². The van der Waals surface area contributed by atoms with Crippen LogP contribution in [-0.2, 0) is 11.3 Å². The van der Waals surface area contributed by atoms with E-state index in [1.807, 2.05) is 34.6 Å². The molecule has 1 rings (SSSR count). The third-order valence-electron chi connectivity index (χ3n) is 2.83. The minimum absolute atomic E-state index is 0.0358. The molecule has 0 saturated heterocycles. The molecule has 0 aliphatic rings. The molecule has 118 valence electrons. The van der Waals surface area contributed by atoms with E-state index in [2.05, 4.69) is 10.6 Å². The molecule has 0 fully saturated rings. The van der Waals surface area contributed by atoms with E-state index >= 15 is 0 Å². The molecule has 21 heavy (non-hydrogen) atoms. The maximum absolute atomic E-state index is 12.0. The first kappa shape index (κ1) is 17.3. The Kier molecular flexibility index (Phi) is 6.03. The summed E-state index contributed by atoms with van der Waals surface area (Å²) >= 11 is 0. The van der Waals surface area contributed by atoms with E-state index in [4.69, 9.17) is 4.74 Å². The fourth-order valence-electron chi connectivity index (χ4n) is 1.78. The molecule has 1 atom stereocenters. The van der Waals surface area contributed by atoms with Crippen LogP contribution < -0.4 is 15.4 Å². The Labute approximate surface area is 126 Å². The normalized spacial score (nSPS) is 12.8. The van der Waals surface area contributed by atoms with Gasteiger partial charge in [0.15, 0.2) is 11.5 Å². The van der Waals surface area contributed by atoms with Crippen molar-refractivity contribution in [3.05, 3.63) is 23.8 Å². The van der Waals surface area contributed by atoms with E-state index in [-0.39, 0.29) is 23.2 Å². The summed E-state index contributed by atoms with van der Waals surface area (Å²) in [5.41, 5.74) is 0.708. The largest absolute Gasteiger partial charge is 0.504 e. The standard InChI is InChI=1S/C16H26N2O3/c1-6-21-14-9-12(7-8-13(14)19)10-17-11(2)15(20)18-16(3,4)5/h7-9,11,17,19H,6,10H2,1-5H3,(H,18,20). The van der Waals surface area contributed by atoms with Gasteiger partial charge in [-0.3, -0.25) is 4.79 Å². The van der Waals surface area contributed by atoms with Gasteiger partial charge in [-0.2, -0.15) is 0 Å². The highest BCUT2D eigenvalue weighted by Gasteiger charge is 2.18. The highest BCUT2D eigenvalue weighted by molar-refractivity contribution is 5.81. The second-order valence-corrected chi connectivity index (χ2v) is 6.08. The summed E-state index contributed by atoms with van der Waals surface area (Å²) in [7, 11) is 0. The van der Waals surface area contributed by atoms with Crippen LogP contribution in [0.1, 0.15) is 40.2 Å². The summed E-state index contributed by atoms with van der Waals surface area (Å²) in [6.07, 6.45) is 0. The zero-order valence-corrected chi connectivity index (χ0v) is 13.5. The molecule has 0 aromatic heterocycles. The Morgan fingerprint density at radius 1 is 1.38 bits per heavy atom. The van der Waals surface area contributed by atoms with Crippen molar-refractivity contribution in [1.29, 1.82) is 0 Å². The third-order valence-corrected chi connectivity index (χ3v) is 2.83. The number of phenols is 1. The SMILES string of the molecule is CCOc1cc(CNC(C)C(=O)NC(C)(C)C)ccc1O. The molecule has 1 amide bonds. The van der Waals surface area contributed by atoms with Gasteiger partial charge in [-0.15, -0.1) is 0 Å². The number of carbonyl (C=O) groups is 1. The molecule has 3 N–H and O–H groups in total. The van der Waals surface area contributed by atoms with Crippen LogP contribution in [0.15, 0.2) is 18.2 Å². The van der Waals surface area contributed by atoms with Crippen LogP contribution >= 0.6 is 0 Å². The van der Waals surface area contributed by atoms with E-state index in [1.54, 1.807) is 18.2 Å². The van der Waals surface area contributed by atoms with Crippen molar-refractivity contribution in [3.8, 4) is 11.5 Å². The number of hydrogen-bond acceptors (Lipinski definition) is 4. The number of benzene rings is 1. The molecule has 1 aromatic carbocycles. The quantitative estimate of drug-likeness (QED) is 0.752. The number of rotatable bonds is 6. The van der Waals surface area contributed by atoms with Crippen LogP contribution in [0.5, 0.6) is 11.5 Å². The van der Waals surface area contributed by atoms with E-state index in [1.165, 1.54) is 0 Å². The zero-order chi connectivity index (χ0) is 16.0. The summed E-state index contributed by atoms with van der Waals surface area (Å²) in [5.74, 6) is 0.550. The number of nitrogens with one attached hydrogen (secondary N) is 2.